The lowest BCUT2D eigenvalue weighted by Crippen LogP contribution is -2.61. The van der Waals surface area contributed by atoms with Crippen molar-refractivity contribution in [2.75, 3.05) is 39.3 Å². The number of carbonyl (C=O) groups is 15. The molecule has 35 nitrogen and oxygen atoms in total. The zero-order chi connectivity index (χ0) is 91.1. The number of nitrogens with zero attached hydrogens (tertiary/aromatic N) is 1. The highest BCUT2D eigenvalue weighted by molar-refractivity contribution is 6.00. The molecule has 1 saturated heterocycles. The fourth-order valence-corrected chi connectivity index (χ4v) is 14.4. The van der Waals surface area contributed by atoms with Gasteiger partial charge in [0.05, 0.1) is 0 Å². The van der Waals surface area contributed by atoms with Gasteiger partial charge in [-0.25, -0.2) is 0 Å². The molecule has 0 saturated carbocycles. The Morgan fingerprint density at radius 3 is 0.683 bits per heavy atom. The SMILES string of the molecule is CC(=O)N[C@@H](CC(C)C)C(=O)N[C@@H](CCCCN)C(=O)N[C@@H](CCCCN)C(=O)N[C@@H](CC(C)C)C(=O)N[C@@H](CC(C)C)C(=O)N1CCC[C@H]1C(=O)N[C@@H](CC(C)C)C(=O)N[C@@H](CC(C)C)C(=O)N[C@@H](CCCCN)C(=O)N[C@@H](CCCCN)C(=O)N[C@@H](CC(C)C)C(=O)N[C@@H](CC(C)C)C(=O)N[C@@H](CCCCN)C(=O)N[C@@H](CC(C)C)C(N)=O. The molecule has 1 rings (SSSR count). The molecule has 120 heavy (non-hydrogen) atoms. The summed E-state index contributed by atoms with van der Waals surface area (Å²) in [6, 6.07) is -16.4. The maximum Gasteiger partial charge on any atom is 0.245 e. The molecule has 0 aliphatic carbocycles. The Morgan fingerprint density at radius 1 is 0.267 bits per heavy atom. The van der Waals surface area contributed by atoms with Crippen molar-refractivity contribution < 1.29 is 71.9 Å². The summed E-state index contributed by atoms with van der Waals surface area (Å²) >= 11 is 0. The second-order valence-electron chi connectivity index (χ2n) is 36.0. The van der Waals surface area contributed by atoms with Crippen LogP contribution in [-0.2, 0) is 71.9 Å². The smallest absolute Gasteiger partial charge is 0.245 e. The van der Waals surface area contributed by atoms with Crippen LogP contribution in [0.1, 0.15) is 278 Å². The first-order valence-electron chi connectivity index (χ1n) is 44.5. The van der Waals surface area contributed by atoms with Crippen LogP contribution in [0.25, 0.3) is 0 Å². The van der Waals surface area contributed by atoms with Crippen LogP contribution in [0.2, 0.25) is 0 Å². The predicted molar refractivity (Wildman–Crippen MR) is 465 cm³/mol. The zero-order valence-electron chi connectivity index (χ0n) is 75.7. The number of unbranched alkanes of at least 4 members (excludes halogenated alkanes) is 5. The van der Waals surface area contributed by atoms with Gasteiger partial charge in [0, 0.05) is 13.5 Å². The van der Waals surface area contributed by atoms with E-state index in [1.807, 2.05) is 111 Å². The number of rotatable bonds is 63. The minimum Gasteiger partial charge on any atom is -0.368 e. The Balaban J connectivity index is 3.72. The van der Waals surface area contributed by atoms with E-state index in [1.54, 1.807) is 0 Å². The highest BCUT2D eigenvalue weighted by Gasteiger charge is 2.42. The van der Waals surface area contributed by atoms with E-state index in [2.05, 4.69) is 69.1 Å². The van der Waals surface area contributed by atoms with Crippen LogP contribution in [0.3, 0.4) is 0 Å². The summed E-state index contributed by atoms with van der Waals surface area (Å²) in [6.45, 7) is 32.6. The monoisotopic (exact) mass is 1700 g/mol. The summed E-state index contributed by atoms with van der Waals surface area (Å²) < 4.78 is 0. The van der Waals surface area contributed by atoms with E-state index < -0.39 is 173 Å². The second kappa shape index (κ2) is 59.6. The Hall–Kier alpha value is -8.15. The predicted octanol–water partition coefficient (Wildman–Crippen LogP) is 1.80. The van der Waals surface area contributed by atoms with Crippen molar-refractivity contribution in [2.45, 2.75) is 363 Å². The average molecular weight is 1700 g/mol. The minimum absolute atomic E-state index is 0.000420. The summed E-state index contributed by atoms with van der Waals surface area (Å²) in [7, 11) is 0. The van der Waals surface area contributed by atoms with Gasteiger partial charge in [-0.2, -0.15) is 0 Å². The molecule has 0 bridgehead atoms. The van der Waals surface area contributed by atoms with Crippen LogP contribution < -0.4 is 104 Å². The van der Waals surface area contributed by atoms with Gasteiger partial charge < -0.3 is 108 Å². The van der Waals surface area contributed by atoms with Crippen molar-refractivity contribution in [3.63, 3.8) is 0 Å². The third-order valence-electron chi connectivity index (χ3n) is 20.5. The molecule has 0 aromatic heterocycles. The number of primary amides is 1. The Morgan fingerprint density at radius 2 is 0.458 bits per heavy atom. The Kier molecular flexibility index (Phi) is 54.5. The number of likely N-dealkylation sites (tertiary alicyclic amines) is 1. The first-order valence-corrected chi connectivity index (χ1v) is 44.5. The number of nitrogens with two attached hydrogens (primary N) is 6. The zero-order valence-corrected chi connectivity index (χ0v) is 75.7. The van der Waals surface area contributed by atoms with Gasteiger partial charge in [-0.15, -0.1) is 0 Å². The van der Waals surface area contributed by atoms with E-state index in [4.69, 9.17) is 34.4 Å². The van der Waals surface area contributed by atoms with Crippen LogP contribution in [0, 0.1) is 47.3 Å². The van der Waals surface area contributed by atoms with Gasteiger partial charge in [0.15, 0.2) is 0 Å². The Labute approximate surface area is 715 Å². The van der Waals surface area contributed by atoms with Gasteiger partial charge in [-0.1, -0.05) is 111 Å². The first-order chi connectivity index (χ1) is 56.4. The highest BCUT2D eigenvalue weighted by atomic mass is 16.2. The van der Waals surface area contributed by atoms with Crippen molar-refractivity contribution in [1.29, 1.82) is 0 Å². The molecule has 0 spiro atoms. The molecule has 0 radical (unpaired) electrons. The maximum atomic E-state index is 15.0. The Bertz CT molecular complexity index is 3180. The summed E-state index contributed by atoms with van der Waals surface area (Å²) in [6.07, 6.45) is 6.82. The van der Waals surface area contributed by atoms with Gasteiger partial charge in [0.1, 0.15) is 84.6 Å². The van der Waals surface area contributed by atoms with E-state index in [9.17, 15) is 67.1 Å². The number of hydrogen-bond donors (Lipinski definition) is 19. The molecule has 0 aromatic rings. The lowest BCUT2D eigenvalue weighted by atomic mass is 9.98. The van der Waals surface area contributed by atoms with Gasteiger partial charge >= 0.3 is 0 Å². The summed E-state index contributed by atoms with van der Waals surface area (Å²) in [5, 5.41) is 36.6. The minimum atomic E-state index is -1.29. The average Bonchev–Trinajstić information content (AvgIpc) is 1.62. The molecule has 690 valence electrons. The van der Waals surface area contributed by atoms with Crippen molar-refractivity contribution in [1.82, 2.24) is 74.0 Å². The lowest BCUT2D eigenvalue weighted by molar-refractivity contribution is -0.143. The van der Waals surface area contributed by atoms with Crippen molar-refractivity contribution >= 4 is 88.6 Å². The van der Waals surface area contributed by atoms with Crippen LogP contribution in [0.4, 0.5) is 0 Å². The largest absolute Gasteiger partial charge is 0.368 e. The van der Waals surface area contributed by atoms with E-state index >= 15 is 4.79 Å². The fourth-order valence-electron chi connectivity index (χ4n) is 14.4. The molecular formula is C85H160N20O15. The van der Waals surface area contributed by atoms with Crippen LogP contribution in [0.5, 0.6) is 0 Å². The van der Waals surface area contributed by atoms with Gasteiger partial charge in [0.25, 0.3) is 0 Å². The van der Waals surface area contributed by atoms with E-state index in [0.717, 1.165) is 0 Å². The maximum absolute atomic E-state index is 15.0. The topological polar surface area (TPSA) is 572 Å². The normalized spacial score (nSPS) is 16.2. The third kappa shape index (κ3) is 44.6. The highest BCUT2D eigenvalue weighted by Crippen LogP contribution is 2.24. The van der Waals surface area contributed by atoms with Crippen LogP contribution >= 0.6 is 0 Å². The molecule has 1 fully saturated rings. The molecule has 0 aromatic carbocycles. The molecule has 25 N–H and O–H groups in total. The molecule has 0 unspecified atom stereocenters. The van der Waals surface area contributed by atoms with Crippen molar-refractivity contribution in [3.8, 4) is 0 Å². The fraction of sp³-hybridized carbons (Fsp3) is 0.824. The van der Waals surface area contributed by atoms with Gasteiger partial charge in [-0.3, -0.25) is 71.9 Å². The summed E-state index contributed by atoms with van der Waals surface area (Å²) in [5.74, 6) is -11.1. The molecular weight excluding hydrogens is 1540 g/mol. The third-order valence-corrected chi connectivity index (χ3v) is 20.5. The van der Waals surface area contributed by atoms with E-state index in [-0.39, 0.29) is 150 Å². The van der Waals surface area contributed by atoms with Gasteiger partial charge in [0.2, 0.25) is 88.6 Å². The van der Waals surface area contributed by atoms with Crippen LogP contribution in [-0.4, -0.2) is 217 Å². The molecule has 14 atom stereocenters. The molecule has 35 heteroatoms. The first kappa shape index (κ1) is 110. The van der Waals surface area contributed by atoms with Gasteiger partial charge in [-0.05, 0) is 241 Å². The number of carbonyl (C=O) groups excluding carboxylic acids is 15. The lowest BCUT2D eigenvalue weighted by Gasteiger charge is -2.32. The summed E-state index contributed by atoms with van der Waals surface area (Å²) in [4.78, 5) is 215. The van der Waals surface area contributed by atoms with Crippen molar-refractivity contribution in [3.05, 3.63) is 0 Å². The molecule has 15 amide bonds. The molecule has 1 aliphatic heterocycles. The standard InChI is InChI=1S/C85H160N20O15/c1-49(2)41-63(72(91)107)98-75(110)60(31-20-25-37-88)97-80(115)65(43-51(5)6)101-81(116)67(45-53(9)10)99-76(111)61(32-21-26-38-89)94-74(109)59(30-19-24-36-87)96-79(114)66(44-52(7)8)102-82(117)69(47-55(13)14)103-84(119)71-34-28-40-105(71)85(120)70(48-56(15)16)104-83(118)68(46-54(11)12)100-77(112)62(33-22-27-39-90)93-73(108)58(29-18-23-35-86)95-78(113)64(42-50(3)4)92-57(17)106/h49-56,58-71H,18-48,86-90H2,1-17H3,(H2,91,107)(H,92,106)(H,93,108)(H,94,109)(H,95,113)(H,96,114)(H,97,115)(H,98,110)(H,99,111)(H,100,112)(H,101,116)(H,102,117)(H,103,119)(H,104,118)/t58-,59-,60-,61-,62-,63-,64-,65-,66-,67-,68-,69-,70-,71-/m0/s1. The molecule has 1 heterocycles. The second-order valence-corrected chi connectivity index (χ2v) is 36.0. The quantitative estimate of drug-likeness (QED) is 0.0386. The molecule has 1 aliphatic rings. The van der Waals surface area contributed by atoms with Crippen LogP contribution in [0.15, 0.2) is 0 Å². The van der Waals surface area contributed by atoms with Crippen molar-refractivity contribution in [2.24, 2.45) is 81.7 Å². The summed E-state index contributed by atoms with van der Waals surface area (Å²) in [5.41, 5.74) is 35.0. The van der Waals surface area contributed by atoms with E-state index in [0.29, 0.717) is 96.7 Å². The number of amides is 15. The number of hydrogen-bond acceptors (Lipinski definition) is 20. The number of nitrogens with one attached hydrogen (secondary N) is 13. The van der Waals surface area contributed by atoms with E-state index in [1.165, 1.54) is 11.8 Å².